The molecule has 1 amide bonds. The van der Waals surface area contributed by atoms with Crippen LogP contribution in [0.2, 0.25) is 0 Å². The first-order chi connectivity index (χ1) is 13.5. The molecule has 0 bridgehead atoms. The molecule has 0 aliphatic heterocycles. The highest BCUT2D eigenvalue weighted by Gasteiger charge is 2.17. The first kappa shape index (κ1) is 21.2. The van der Waals surface area contributed by atoms with E-state index >= 15 is 0 Å². The molecule has 1 N–H and O–H groups in total. The van der Waals surface area contributed by atoms with Crippen LogP contribution in [0.1, 0.15) is 25.8 Å². The molecule has 150 valence electrons. The Morgan fingerprint density at radius 2 is 1.61 bits per heavy atom. The van der Waals surface area contributed by atoms with E-state index in [4.69, 9.17) is 14.2 Å². The predicted octanol–water partition coefficient (Wildman–Crippen LogP) is 3.24. The molecule has 0 spiro atoms. The minimum Gasteiger partial charge on any atom is -0.494 e. The van der Waals surface area contributed by atoms with Crippen LogP contribution < -0.4 is 14.8 Å². The minimum absolute atomic E-state index is 0.0167. The van der Waals surface area contributed by atoms with Crippen molar-refractivity contribution < 1.29 is 28.2 Å². The van der Waals surface area contributed by atoms with E-state index in [2.05, 4.69) is 5.32 Å². The van der Waals surface area contributed by atoms with Crippen LogP contribution in [0.15, 0.2) is 48.5 Å². The largest absolute Gasteiger partial charge is 0.494 e. The van der Waals surface area contributed by atoms with Gasteiger partial charge < -0.3 is 19.5 Å². The number of nitrogens with one attached hydrogen (secondary N) is 1. The van der Waals surface area contributed by atoms with Gasteiger partial charge in [-0.25, -0.2) is 4.39 Å². The molecule has 2 aromatic rings. The second-order valence-electron chi connectivity index (χ2n) is 5.98. The summed E-state index contributed by atoms with van der Waals surface area (Å²) in [7, 11) is 0. The number of hydrogen-bond donors (Lipinski definition) is 1. The zero-order chi connectivity index (χ0) is 20.4. The molecule has 0 aliphatic rings. The van der Waals surface area contributed by atoms with Crippen LogP contribution >= 0.6 is 0 Å². The van der Waals surface area contributed by atoms with Gasteiger partial charge in [0, 0.05) is 6.54 Å². The smallest absolute Gasteiger partial charge is 0.310 e. The first-order valence-corrected chi connectivity index (χ1v) is 9.05. The molecule has 6 nitrogen and oxygen atoms in total. The fraction of sp³-hybridized carbons (Fsp3) is 0.333. The van der Waals surface area contributed by atoms with Crippen molar-refractivity contribution in [2.24, 2.45) is 0 Å². The Bertz CT molecular complexity index is 761. The molecule has 0 heterocycles. The lowest BCUT2D eigenvalue weighted by Crippen LogP contribution is -2.35. The SMILES string of the molecule is CCOc1ccc(OCCC(=O)OC(C)C(=O)NCc2ccc(F)cc2)cc1. The third-order valence-electron chi connectivity index (χ3n) is 3.77. The van der Waals surface area contributed by atoms with Crippen LogP contribution in [-0.2, 0) is 20.9 Å². The van der Waals surface area contributed by atoms with Gasteiger partial charge in [-0.3, -0.25) is 9.59 Å². The number of ether oxygens (including phenoxy) is 3. The van der Waals surface area contributed by atoms with Gasteiger partial charge in [0.2, 0.25) is 0 Å². The Balaban J connectivity index is 1.66. The van der Waals surface area contributed by atoms with E-state index in [9.17, 15) is 14.0 Å². The van der Waals surface area contributed by atoms with E-state index in [-0.39, 0.29) is 25.4 Å². The van der Waals surface area contributed by atoms with Crippen molar-refractivity contribution in [1.29, 1.82) is 0 Å². The highest BCUT2D eigenvalue weighted by molar-refractivity contribution is 5.83. The van der Waals surface area contributed by atoms with Crippen LogP contribution in [-0.4, -0.2) is 31.2 Å². The minimum atomic E-state index is -0.932. The number of amides is 1. The first-order valence-electron chi connectivity index (χ1n) is 9.05. The maximum atomic E-state index is 12.9. The maximum Gasteiger partial charge on any atom is 0.310 e. The Morgan fingerprint density at radius 1 is 1.00 bits per heavy atom. The van der Waals surface area contributed by atoms with Gasteiger partial charge in [0.15, 0.2) is 6.10 Å². The topological polar surface area (TPSA) is 73.9 Å². The monoisotopic (exact) mass is 389 g/mol. The predicted molar refractivity (Wildman–Crippen MR) is 102 cm³/mol. The Labute approximate surface area is 163 Å². The van der Waals surface area contributed by atoms with Crippen LogP contribution in [0.3, 0.4) is 0 Å². The van der Waals surface area contributed by atoms with Crippen LogP contribution in [0.4, 0.5) is 4.39 Å². The van der Waals surface area contributed by atoms with Gasteiger partial charge in [-0.2, -0.15) is 0 Å². The van der Waals surface area contributed by atoms with Crippen LogP contribution in [0.5, 0.6) is 11.5 Å². The molecule has 28 heavy (non-hydrogen) atoms. The van der Waals surface area contributed by atoms with E-state index in [1.165, 1.54) is 19.1 Å². The standard InChI is InChI=1S/C21H24FNO5/c1-3-26-18-8-10-19(11-9-18)27-13-12-20(24)28-15(2)21(25)23-14-16-4-6-17(22)7-5-16/h4-11,15H,3,12-14H2,1-2H3,(H,23,25). The molecule has 2 rings (SSSR count). The van der Waals surface area contributed by atoms with E-state index in [0.29, 0.717) is 12.4 Å². The van der Waals surface area contributed by atoms with Gasteiger partial charge in [0.1, 0.15) is 17.3 Å². The molecular weight excluding hydrogens is 365 g/mol. The number of hydrogen-bond acceptors (Lipinski definition) is 5. The summed E-state index contributed by atoms with van der Waals surface area (Å²) in [4.78, 5) is 23.8. The van der Waals surface area contributed by atoms with Crippen LogP contribution in [0.25, 0.3) is 0 Å². The Kier molecular flexibility index (Phi) is 8.27. The maximum absolute atomic E-state index is 12.9. The summed E-state index contributed by atoms with van der Waals surface area (Å²) in [6, 6.07) is 12.8. The lowest BCUT2D eigenvalue weighted by atomic mass is 10.2. The highest BCUT2D eigenvalue weighted by Crippen LogP contribution is 2.17. The van der Waals surface area contributed by atoms with Crippen molar-refractivity contribution in [2.45, 2.75) is 32.9 Å². The second-order valence-corrected chi connectivity index (χ2v) is 5.98. The lowest BCUT2D eigenvalue weighted by molar-refractivity contribution is -0.155. The number of carbonyl (C=O) groups excluding carboxylic acids is 2. The number of halogens is 1. The van der Waals surface area contributed by atoms with Gasteiger partial charge >= 0.3 is 5.97 Å². The van der Waals surface area contributed by atoms with Gasteiger partial charge in [-0.15, -0.1) is 0 Å². The molecule has 1 unspecified atom stereocenters. The van der Waals surface area contributed by atoms with Crippen molar-refractivity contribution in [3.05, 3.63) is 59.9 Å². The zero-order valence-corrected chi connectivity index (χ0v) is 15.9. The van der Waals surface area contributed by atoms with Crippen molar-refractivity contribution in [3.8, 4) is 11.5 Å². The van der Waals surface area contributed by atoms with Gasteiger partial charge in [0.05, 0.1) is 19.6 Å². The van der Waals surface area contributed by atoms with Gasteiger partial charge in [-0.05, 0) is 55.8 Å². The normalized spacial score (nSPS) is 11.4. The van der Waals surface area contributed by atoms with Gasteiger partial charge in [0.25, 0.3) is 5.91 Å². The Hall–Kier alpha value is -3.09. The number of esters is 1. The fourth-order valence-electron chi connectivity index (χ4n) is 2.30. The van der Waals surface area contributed by atoms with E-state index in [1.54, 1.807) is 36.4 Å². The summed E-state index contributed by atoms with van der Waals surface area (Å²) in [5.74, 6) is 0.0568. The molecule has 0 radical (unpaired) electrons. The summed E-state index contributed by atoms with van der Waals surface area (Å²) in [5, 5.41) is 2.64. The summed E-state index contributed by atoms with van der Waals surface area (Å²) < 4.78 is 28.8. The quantitative estimate of drug-likeness (QED) is 0.632. The molecule has 7 heteroatoms. The van der Waals surface area contributed by atoms with Crippen LogP contribution in [0, 0.1) is 5.82 Å². The molecule has 0 aliphatic carbocycles. The van der Waals surface area contributed by atoms with E-state index < -0.39 is 18.0 Å². The Morgan fingerprint density at radius 3 is 2.21 bits per heavy atom. The molecule has 0 aromatic heterocycles. The second kappa shape index (κ2) is 10.9. The zero-order valence-electron chi connectivity index (χ0n) is 15.9. The van der Waals surface area contributed by atoms with E-state index in [1.807, 2.05) is 6.92 Å². The number of rotatable bonds is 10. The fourth-order valence-corrected chi connectivity index (χ4v) is 2.30. The highest BCUT2D eigenvalue weighted by atomic mass is 19.1. The molecule has 0 saturated carbocycles. The summed E-state index contributed by atoms with van der Waals surface area (Å²) in [6.45, 7) is 4.34. The molecule has 0 fully saturated rings. The van der Waals surface area contributed by atoms with Crippen molar-refractivity contribution in [2.75, 3.05) is 13.2 Å². The van der Waals surface area contributed by atoms with Gasteiger partial charge in [-0.1, -0.05) is 12.1 Å². The summed E-state index contributed by atoms with van der Waals surface area (Å²) in [5.41, 5.74) is 0.747. The van der Waals surface area contributed by atoms with E-state index in [0.717, 1.165) is 11.3 Å². The molecular formula is C21H24FNO5. The molecule has 0 saturated heterocycles. The third-order valence-corrected chi connectivity index (χ3v) is 3.77. The average Bonchev–Trinajstić information content (AvgIpc) is 2.69. The number of benzene rings is 2. The molecule has 1 atom stereocenters. The molecule has 2 aromatic carbocycles. The lowest BCUT2D eigenvalue weighted by Gasteiger charge is -2.14. The average molecular weight is 389 g/mol. The summed E-state index contributed by atoms with van der Waals surface area (Å²) in [6.07, 6.45) is -0.915. The van der Waals surface area contributed by atoms with Crippen molar-refractivity contribution in [3.63, 3.8) is 0 Å². The third kappa shape index (κ3) is 7.26. The van der Waals surface area contributed by atoms with Crippen molar-refractivity contribution >= 4 is 11.9 Å². The van der Waals surface area contributed by atoms with Crippen molar-refractivity contribution in [1.82, 2.24) is 5.32 Å². The number of carbonyl (C=O) groups is 2. The summed E-state index contributed by atoms with van der Waals surface area (Å²) >= 11 is 0.